The van der Waals surface area contributed by atoms with Crippen LogP contribution in [0.2, 0.25) is 0 Å². The lowest BCUT2D eigenvalue weighted by atomic mass is 10.1. The van der Waals surface area contributed by atoms with Crippen LogP contribution in [0.4, 0.5) is 5.69 Å². The normalized spacial score (nSPS) is 22.0. The van der Waals surface area contributed by atoms with Crippen LogP contribution in [0, 0.1) is 5.92 Å². The van der Waals surface area contributed by atoms with Crippen LogP contribution in [0.1, 0.15) is 19.3 Å². The average Bonchev–Trinajstić information content (AvgIpc) is 3.57. The Kier molecular flexibility index (Phi) is 6.54. The minimum Gasteiger partial charge on any atom is -0.492 e. The summed E-state index contributed by atoms with van der Waals surface area (Å²) >= 11 is 1.58. The van der Waals surface area contributed by atoms with Gasteiger partial charge < -0.3 is 19.7 Å². The second kappa shape index (κ2) is 10.1. The summed E-state index contributed by atoms with van der Waals surface area (Å²) in [7, 11) is 0. The van der Waals surface area contributed by atoms with Crippen LogP contribution in [0.25, 0.3) is 21.5 Å². The number of rotatable bonds is 6. The third-order valence-electron chi connectivity index (χ3n) is 7.36. The maximum Gasteiger partial charge on any atom is 0.220 e. The zero-order chi connectivity index (χ0) is 23.6. The SMILES string of the molecule is O=C1C[C@H](COc2cc(-c3ccc(N4CCN(C5CCOCC5)CC4)cn3)cc3ncsc23)CN1. The van der Waals surface area contributed by atoms with Gasteiger partial charge in [0.1, 0.15) is 5.75 Å². The Balaban J connectivity index is 1.14. The monoisotopic (exact) mass is 493 g/mol. The molecule has 1 atom stereocenters. The third-order valence-corrected chi connectivity index (χ3v) is 8.22. The lowest BCUT2D eigenvalue weighted by molar-refractivity contribution is -0.119. The highest BCUT2D eigenvalue weighted by Crippen LogP contribution is 2.35. The standard InChI is InChI=1S/C26H31N5O3S/c32-25-11-18(14-28-25)16-34-24-13-19(12-23-26(24)35-17-29-23)22-2-1-21(15-27-22)31-7-5-30(6-8-31)20-3-9-33-10-4-20/h1-2,12-13,15,17-18,20H,3-11,14,16H2,(H,28,32)/t18-/m0/s1. The molecule has 3 saturated heterocycles. The predicted molar refractivity (Wildman–Crippen MR) is 137 cm³/mol. The minimum absolute atomic E-state index is 0.101. The number of amides is 1. The number of nitrogens with one attached hydrogen (secondary N) is 1. The highest BCUT2D eigenvalue weighted by Gasteiger charge is 2.26. The van der Waals surface area contributed by atoms with Crippen molar-refractivity contribution in [2.75, 3.05) is 57.4 Å². The summed E-state index contributed by atoms with van der Waals surface area (Å²) in [5, 5.41) is 2.88. The summed E-state index contributed by atoms with van der Waals surface area (Å²) in [6.45, 7) is 7.23. The quantitative estimate of drug-likeness (QED) is 0.565. The molecule has 0 radical (unpaired) electrons. The first-order chi connectivity index (χ1) is 17.2. The van der Waals surface area contributed by atoms with E-state index in [2.05, 4.69) is 44.4 Å². The second-order valence-electron chi connectivity index (χ2n) is 9.63. The van der Waals surface area contributed by atoms with Gasteiger partial charge in [-0.25, -0.2) is 4.98 Å². The van der Waals surface area contributed by atoms with Crippen molar-refractivity contribution in [1.82, 2.24) is 20.2 Å². The van der Waals surface area contributed by atoms with Crippen molar-refractivity contribution in [3.8, 4) is 17.0 Å². The van der Waals surface area contributed by atoms with Gasteiger partial charge in [-0.15, -0.1) is 11.3 Å². The molecule has 184 valence electrons. The summed E-state index contributed by atoms with van der Waals surface area (Å²) in [5.41, 5.74) is 5.84. The number of anilines is 1. The van der Waals surface area contributed by atoms with Gasteiger partial charge in [-0.1, -0.05) is 0 Å². The fourth-order valence-corrected chi connectivity index (χ4v) is 6.06. The Morgan fingerprint density at radius 1 is 1.11 bits per heavy atom. The van der Waals surface area contributed by atoms with Crippen molar-refractivity contribution in [3.63, 3.8) is 0 Å². The van der Waals surface area contributed by atoms with Crippen LogP contribution in [0.5, 0.6) is 5.75 Å². The molecule has 9 heteroatoms. The second-order valence-corrected chi connectivity index (χ2v) is 10.5. The number of hydrogen-bond acceptors (Lipinski definition) is 8. The molecule has 3 aliphatic rings. The summed E-state index contributed by atoms with van der Waals surface area (Å²) in [6.07, 6.45) is 4.82. The maximum absolute atomic E-state index is 11.5. The smallest absolute Gasteiger partial charge is 0.220 e. The Bertz CT molecular complexity index is 1170. The molecule has 5 heterocycles. The summed E-state index contributed by atoms with van der Waals surface area (Å²) in [5.74, 6) is 1.12. The molecule has 3 aliphatic heterocycles. The number of nitrogens with zero attached hydrogens (tertiary/aromatic N) is 4. The number of piperazine rings is 1. The van der Waals surface area contributed by atoms with E-state index < -0.39 is 0 Å². The van der Waals surface area contributed by atoms with Crippen molar-refractivity contribution >= 4 is 33.1 Å². The molecule has 0 spiro atoms. The molecule has 0 aliphatic carbocycles. The van der Waals surface area contributed by atoms with E-state index in [4.69, 9.17) is 14.5 Å². The van der Waals surface area contributed by atoms with E-state index in [-0.39, 0.29) is 11.8 Å². The molecule has 2 aromatic heterocycles. The van der Waals surface area contributed by atoms with Crippen LogP contribution >= 0.6 is 11.3 Å². The van der Waals surface area contributed by atoms with Crippen molar-refractivity contribution in [3.05, 3.63) is 36.0 Å². The summed E-state index contributed by atoms with van der Waals surface area (Å²) < 4.78 is 12.7. The van der Waals surface area contributed by atoms with Crippen LogP contribution in [-0.4, -0.2) is 79.4 Å². The Morgan fingerprint density at radius 2 is 1.97 bits per heavy atom. The van der Waals surface area contributed by atoms with Crippen molar-refractivity contribution < 1.29 is 14.3 Å². The van der Waals surface area contributed by atoms with E-state index in [1.165, 1.54) is 5.69 Å². The van der Waals surface area contributed by atoms with Gasteiger partial charge in [0.15, 0.2) is 0 Å². The molecule has 3 fully saturated rings. The molecular weight excluding hydrogens is 462 g/mol. The fraction of sp³-hybridized carbons (Fsp3) is 0.500. The highest BCUT2D eigenvalue weighted by atomic mass is 32.1. The van der Waals surface area contributed by atoms with E-state index >= 15 is 0 Å². The first kappa shape index (κ1) is 22.7. The lowest BCUT2D eigenvalue weighted by Gasteiger charge is -2.41. The third kappa shape index (κ3) is 4.98. The first-order valence-electron chi connectivity index (χ1n) is 12.5. The van der Waals surface area contributed by atoms with E-state index in [0.29, 0.717) is 25.6 Å². The molecule has 1 N–H and O–H groups in total. The van der Waals surface area contributed by atoms with E-state index in [1.807, 2.05) is 11.7 Å². The van der Waals surface area contributed by atoms with Gasteiger partial charge in [0, 0.05) is 69.9 Å². The fourth-order valence-electron chi connectivity index (χ4n) is 5.32. The zero-order valence-corrected chi connectivity index (χ0v) is 20.6. The van der Waals surface area contributed by atoms with Gasteiger partial charge in [0.05, 0.1) is 39.9 Å². The summed E-state index contributed by atoms with van der Waals surface area (Å²) in [4.78, 5) is 25.9. The molecule has 1 aromatic carbocycles. The molecular formula is C26H31N5O3S. The number of carbonyl (C=O) groups excluding carboxylic acids is 1. The van der Waals surface area contributed by atoms with Crippen molar-refractivity contribution in [1.29, 1.82) is 0 Å². The number of thiazole rings is 1. The largest absolute Gasteiger partial charge is 0.492 e. The number of aromatic nitrogens is 2. The molecule has 8 nitrogen and oxygen atoms in total. The molecule has 35 heavy (non-hydrogen) atoms. The number of fused-ring (bicyclic) bond motifs is 1. The molecule has 1 amide bonds. The van der Waals surface area contributed by atoms with Gasteiger partial charge in [0.2, 0.25) is 5.91 Å². The molecule has 0 unspecified atom stereocenters. The Labute approximate surface area is 209 Å². The Morgan fingerprint density at radius 3 is 2.71 bits per heavy atom. The molecule has 3 aromatic rings. The topological polar surface area (TPSA) is 79.8 Å². The number of hydrogen-bond donors (Lipinski definition) is 1. The van der Waals surface area contributed by atoms with E-state index in [9.17, 15) is 4.79 Å². The van der Waals surface area contributed by atoms with Crippen LogP contribution < -0.4 is 15.0 Å². The van der Waals surface area contributed by atoms with Crippen LogP contribution in [-0.2, 0) is 9.53 Å². The molecule has 0 saturated carbocycles. The molecule has 6 rings (SSSR count). The van der Waals surface area contributed by atoms with Crippen LogP contribution in [0.3, 0.4) is 0 Å². The van der Waals surface area contributed by atoms with Crippen molar-refractivity contribution in [2.45, 2.75) is 25.3 Å². The van der Waals surface area contributed by atoms with Gasteiger partial charge in [0.25, 0.3) is 0 Å². The van der Waals surface area contributed by atoms with Gasteiger partial charge in [-0.3, -0.25) is 14.7 Å². The number of ether oxygens (including phenoxy) is 2. The van der Waals surface area contributed by atoms with Gasteiger partial charge in [-0.2, -0.15) is 0 Å². The number of carbonyl (C=O) groups is 1. The first-order valence-corrected chi connectivity index (χ1v) is 13.4. The maximum atomic E-state index is 11.5. The van der Waals surface area contributed by atoms with Crippen molar-refractivity contribution in [2.24, 2.45) is 5.92 Å². The summed E-state index contributed by atoms with van der Waals surface area (Å²) in [6, 6.07) is 9.08. The van der Waals surface area contributed by atoms with E-state index in [1.54, 1.807) is 11.3 Å². The zero-order valence-electron chi connectivity index (χ0n) is 19.8. The van der Waals surface area contributed by atoms with Gasteiger partial charge >= 0.3 is 0 Å². The average molecular weight is 494 g/mol. The Hall–Kier alpha value is -2.75. The molecule has 0 bridgehead atoms. The van der Waals surface area contributed by atoms with Gasteiger partial charge in [-0.05, 0) is 37.1 Å². The lowest BCUT2D eigenvalue weighted by Crippen LogP contribution is -2.51. The minimum atomic E-state index is 0.101. The number of benzene rings is 1. The van der Waals surface area contributed by atoms with Crippen LogP contribution in [0.15, 0.2) is 36.0 Å². The predicted octanol–water partition coefficient (Wildman–Crippen LogP) is 3.17. The number of pyridine rings is 1. The highest BCUT2D eigenvalue weighted by molar-refractivity contribution is 7.17. The van der Waals surface area contributed by atoms with E-state index in [0.717, 1.165) is 79.5 Å².